The number of rotatable bonds is 3. The Hall–Kier alpha value is -2.10. The van der Waals surface area contributed by atoms with Gasteiger partial charge in [0.25, 0.3) is 0 Å². The van der Waals surface area contributed by atoms with Crippen molar-refractivity contribution in [2.75, 3.05) is 6.54 Å². The minimum absolute atomic E-state index is 0.149. The summed E-state index contributed by atoms with van der Waals surface area (Å²) in [5, 5.41) is 4.05. The summed E-state index contributed by atoms with van der Waals surface area (Å²) >= 11 is 0. The summed E-state index contributed by atoms with van der Waals surface area (Å²) < 4.78 is 5.38. The van der Waals surface area contributed by atoms with Gasteiger partial charge in [-0.05, 0) is 33.1 Å². The summed E-state index contributed by atoms with van der Waals surface area (Å²) in [5.74, 6) is 0.866. The summed E-state index contributed by atoms with van der Waals surface area (Å²) in [6.45, 7) is 5.04. The Morgan fingerprint density at radius 3 is 2.82 bits per heavy atom. The maximum atomic E-state index is 12.4. The highest BCUT2D eigenvalue weighted by atomic mass is 16.5. The van der Waals surface area contributed by atoms with Gasteiger partial charge in [0.15, 0.2) is 5.76 Å². The molecule has 22 heavy (non-hydrogen) atoms. The third-order valence-corrected chi connectivity index (χ3v) is 4.35. The predicted octanol–water partition coefficient (Wildman–Crippen LogP) is 3.59. The molecular formula is C18H22N2O2. The van der Waals surface area contributed by atoms with Crippen molar-refractivity contribution in [3.63, 3.8) is 0 Å². The van der Waals surface area contributed by atoms with E-state index in [1.807, 2.05) is 42.2 Å². The SMILES string of the molecule is Cc1ccc(-c2cc(CC(=O)N3CCCCC3C)no2)cc1. The second-order valence-electron chi connectivity index (χ2n) is 6.16. The molecule has 3 rings (SSSR count). The van der Waals surface area contributed by atoms with Crippen LogP contribution in [-0.4, -0.2) is 28.6 Å². The normalized spacial score (nSPS) is 18.5. The van der Waals surface area contributed by atoms with E-state index in [1.165, 1.54) is 12.0 Å². The van der Waals surface area contributed by atoms with E-state index in [-0.39, 0.29) is 5.91 Å². The Morgan fingerprint density at radius 1 is 1.32 bits per heavy atom. The van der Waals surface area contributed by atoms with Crippen LogP contribution in [0.2, 0.25) is 0 Å². The lowest BCUT2D eigenvalue weighted by atomic mass is 10.0. The van der Waals surface area contributed by atoms with Gasteiger partial charge in [-0.15, -0.1) is 0 Å². The molecule has 4 nitrogen and oxygen atoms in total. The zero-order valence-electron chi connectivity index (χ0n) is 13.2. The molecule has 1 saturated heterocycles. The molecule has 116 valence electrons. The highest BCUT2D eigenvalue weighted by Crippen LogP contribution is 2.22. The van der Waals surface area contributed by atoms with Gasteiger partial charge < -0.3 is 9.42 Å². The topological polar surface area (TPSA) is 46.3 Å². The van der Waals surface area contributed by atoms with Crippen molar-refractivity contribution in [3.8, 4) is 11.3 Å². The average Bonchev–Trinajstić information content (AvgIpc) is 2.97. The zero-order valence-corrected chi connectivity index (χ0v) is 13.2. The molecule has 1 fully saturated rings. The third kappa shape index (κ3) is 3.21. The molecule has 4 heteroatoms. The number of hydrogen-bond acceptors (Lipinski definition) is 3. The van der Waals surface area contributed by atoms with Gasteiger partial charge in [0.2, 0.25) is 5.91 Å². The Balaban J connectivity index is 1.68. The fourth-order valence-electron chi connectivity index (χ4n) is 2.97. The van der Waals surface area contributed by atoms with Gasteiger partial charge >= 0.3 is 0 Å². The van der Waals surface area contributed by atoms with Crippen LogP contribution in [0.25, 0.3) is 11.3 Å². The lowest BCUT2D eigenvalue weighted by Crippen LogP contribution is -2.42. The second-order valence-corrected chi connectivity index (χ2v) is 6.16. The molecule has 1 aromatic carbocycles. The van der Waals surface area contributed by atoms with E-state index in [0.29, 0.717) is 18.2 Å². The molecule has 0 radical (unpaired) electrons. The average molecular weight is 298 g/mol. The van der Waals surface area contributed by atoms with E-state index < -0.39 is 0 Å². The molecule has 0 saturated carbocycles. The summed E-state index contributed by atoms with van der Waals surface area (Å²) in [5.41, 5.74) is 2.90. The number of carbonyl (C=O) groups excluding carboxylic acids is 1. The van der Waals surface area contributed by atoms with Crippen LogP contribution in [0.3, 0.4) is 0 Å². The summed E-state index contributed by atoms with van der Waals surface area (Å²) in [7, 11) is 0. The monoisotopic (exact) mass is 298 g/mol. The molecule has 2 heterocycles. The highest BCUT2D eigenvalue weighted by Gasteiger charge is 2.24. The van der Waals surface area contributed by atoms with Crippen LogP contribution in [-0.2, 0) is 11.2 Å². The zero-order chi connectivity index (χ0) is 15.5. The van der Waals surface area contributed by atoms with Crippen LogP contribution in [0.1, 0.15) is 37.4 Å². The van der Waals surface area contributed by atoms with E-state index in [1.54, 1.807) is 0 Å². The smallest absolute Gasteiger partial charge is 0.228 e. The van der Waals surface area contributed by atoms with Crippen molar-refractivity contribution in [1.82, 2.24) is 10.1 Å². The first-order valence-electron chi connectivity index (χ1n) is 7.95. The number of aromatic nitrogens is 1. The van der Waals surface area contributed by atoms with E-state index in [4.69, 9.17) is 4.52 Å². The number of amides is 1. The van der Waals surface area contributed by atoms with Gasteiger partial charge in [-0.3, -0.25) is 4.79 Å². The largest absolute Gasteiger partial charge is 0.356 e. The van der Waals surface area contributed by atoms with Crippen LogP contribution in [0.5, 0.6) is 0 Å². The summed E-state index contributed by atoms with van der Waals surface area (Å²) in [6, 6.07) is 10.3. The van der Waals surface area contributed by atoms with E-state index >= 15 is 0 Å². The molecule has 0 aliphatic carbocycles. The fraction of sp³-hybridized carbons (Fsp3) is 0.444. The molecule has 1 aromatic heterocycles. The van der Waals surface area contributed by atoms with Gasteiger partial charge in [-0.25, -0.2) is 0 Å². The number of piperidine rings is 1. The van der Waals surface area contributed by atoms with Crippen molar-refractivity contribution < 1.29 is 9.32 Å². The Morgan fingerprint density at radius 2 is 2.09 bits per heavy atom. The molecule has 0 N–H and O–H groups in total. The van der Waals surface area contributed by atoms with Crippen LogP contribution < -0.4 is 0 Å². The lowest BCUT2D eigenvalue weighted by molar-refractivity contribution is -0.133. The van der Waals surface area contributed by atoms with Crippen molar-refractivity contribution in [2.24, 2.45) is 0 Å². The first-order chi connectivity index (χ1) is 10.6. The van der Waals surface area contributed by atoms with Gasteiger partial charge in [-0.2, -0.15) is 0 Å². The van der Waals surface area contributed by atoms with Gasteiger partial charge in [0, 0.05) is 24.2 Å². The van der Waals surface area contributed by atoms with Crippen molar-refractivity contribution in [1.29, 1.82) is 0 Å². The second kappa shape index (κ2) is 6.34. The third-order valence-electron chi connectivity index (χ3n) is 4.35. The quantitative estimate of drug-likeness (QED) is 0.870. The molecule has 0 bridgehead atoms. The van der Waals surface area contributed by atoms with Crippen LogP contribution in [0.4, 0.5) is 0 Å². The minimum Gasteiger partial charge on any atom is -0.356 e. The predicted molar refractivity (Wildman–Crippen MR) is 85.4 cm³/mol. The van der Waals surface area contributed by atoms with Crippen molar-refractivity contribution in [3.05, 3.63) is 41.6 Å². The molecule has 1 unspecified atom stereocenters. The first kappa shape index (κ1) is 14.8. The summed E-state index contributed by atoms with van der Waals surface area (Å²) in [6.07, 6.45) is 3.73. The van der Waals surface area contributed by atoms with E-state index in [9.17, 15) is 4.79 Å². The molecule has 1 amide bonds. The maximum absolute atomic E-state index is 12.4. The first-order valence-corrected chi connectivity index (χ1v) is 7.95. The maximum Gasteiger partial charge on any atom is 0.228 e. The Labute approximate surface area is 131 Å². The Bertz CT molecular complexity index is 645. The van der Waals surface area contributed by atoms with Crippen molar-refractivity contribution >= 4 is 5.91 Å². The number of nitrogens with zero attached hydrogens (tertiary/aromatic N) is 2. The van der Waals surface area contributed by atoms with Crippen LogP contribution >= 0.6 is 0 Å². The number of hydrogen-bond donors (Lipinski definition) is 0. The number of carbonyl (C=O) groups is 1. The Kier molecular flexibility index (Phi) is 4.27. The molecule has 0 spiro atoms. The van der Waals surface area contributed by atoms with Gasteiger partial charge in [0.05, 0.1) is 12.1 Å². The van der Waals surface area contributed by atoms with E-state index in [2.05, 4.69) is 12.1 Å². The molecule has 2 aromatic rings. The number of aryl methyl sites for hydroxylation is 1. The van der Waals surface area contributed by atoms with Crippen LogP contribution in [0.15, 0.2) is 34.9 Å². The highest BCUT2D eigenvalue weighted by molar-refractivity contribution is 5.79. The summed E-state index contributed by atoms with van der Waals surface area (Å²) in [4.78, 5) is 14.4. The van der Waals surface area contributed by atoms with Gasteiger partial charge in [-0.1, -0.05) is 35.0 Å². The number of likely N-dealkylation sites (tertiary alicyclic amines) is 1. The molecular weight excluding hydrogens is 276 g/mol. The van der Waals surface area contributed by atoms with Gasteiger partial charge in [0.1, 0.15) is 0 Å². The number of benzene rings is 1. The van der Waals surface area contributed by atoms with Crippen molar-refractivity contribution in [2.45, 2.75) is 45.6 Å². The minimum atomic E-state index is 0.149. The fourth-order valence-corrected chi connectivity index (χ4v) is 2.97. The standard InChI is InChI=1S/C18H22N2O2/c1-13-6-8-15(9-7-13)17-11-16(19-22-17)12-18(21)20-10-4-3-5-14(20)2/h6-9,11,14H,3-5,10,12H2,1-2H3. The van der Waals surface area contributed by atoms with E-state index in [0.717, 1.165) is 30.7 Å². The lowest BCUT2D eigenvalue weighted by Gasteiger charge is -2.33. The molecule has 1 aliphatic rings. The molecule has 1 atom stereocenters. The molecule has 1 aliphatic heterocycles. The van der Waals surface area contributed by atoms with Crippen LogP contribution in [0, 0.1) is 6.92 Å².